The normalized spacial score (nSPS) is 42.2. The number of carbonyl (C=O) groups excluding carboxylic acids is 2. The molecule has 4 rings (SSSR count). The van der Waals surface area contributed by atoms with E-state index in [9.17, 15) is 9.59 Å². The monoisotopic (exact) mass is 384 g/mol. The fraction of sp³-hybridized carbons (Fsp3) is 0.760. The Morgan fingerprint density at radius 3 is 2.43 bits per heavy atom. The minimum absolute atomic E-state index is 0.0615. The average Bonchev–Trinajstić information content (AvgIpc) is 2.94. The van der Waals surface area contributed by atoms with Crippen molar-refractivity contribution in [3.63, 3.8) is 0 Å². The Morgan fingerprint density at radius 1 is 1.07 bits per heavy atom. The zero-order valence-corrected chi connectivity index (χ0v) is 18.3. The number of carbonyl (C=O) groups is 2. The Kier molecular flexibility index (Phi) is 4.87. The molecule has 0 amide bonds. The van der Waals surface area contributed by atoms with Crippen LogP contribution >= 0.6 is 0 Å². The lowest BCUT2D eigenvalue weighted by Gasteiger charge is -2.57. The van der Waals surface area contributed by atoms with Gasteiger partial charge < -0.3 is 4.74 Å². The first-order valence-corrected chi connectivity index (χ1v) is 11.3. The minimum atomic E-state index is -0.155. The van der Waals surface area contributed by atoms with Crippen molar-refractivity contribution in [2.45, 2.75) is 92.1 Å². The highest BCUT2D eigenvalue weighted by Gasteiger charge is 2.58. The van der Waals surface area contributed by atoms with E-state index >= 15 is 0 Å². The van der Waals surface area contributed by atoms with Crippen LogP contribution in [0.5, 0.6) is 0 Å². The highest BCUT2D eigenvalue weighted by atomic mass is 16.5. The lowest BCUT2D eigenvalue weighted by molar-refractivity contribution is -0.148. The molecule has 4 aliphatic carbocycles. The maximum atomic E-state index is 12.5. The molecule has 0 spiro atoms. The summed E-state index contributed by atoms with van der Waals surface area (Å²) in [6, 6.07) is 0. The van der Waals surface area contributed by atoms with Crippen LogP contribution in [-0.2, 0) is 14.3 Å². The van der Waals surface area contributed by atoms with E-state index in [2.05, 4.69) is 26.8 Å². The molecule has 0 unspecified atom stereocenters. The molecule has 0 saturated heterocycles. The van der Waals surface area contributed by atoms with Crippen LogP contribution in [0.4, 0.5) is 0 Å². The van der Waals surface area contributed by atoms with Gasteiger partial charge in [-0.2, -0.15) is 0 Å². The molecule has 0 aromatic carbocycles. The Labute approximate surface area is 170 Å². The molecular formula is C25H36O3. The van der Waals surface area contributed by atoms with Crippen molar-refractivity contribution in [3.05, 3.63) is 22.8 Å². The molecule has 0 bridgehead atoms. The van der Waals surface area contributed by atoms with Gasteiger partial charge >= 0.3 is 5.97 Å². The summed E-state index contributed by atoms with van der Waals surface area (Å²) >= 11 is 0. The molecule has 0 radical (unpaired) electrons. The van der Waals surface area contributed by atoms with Crippen LogP contribution in [0.15, 0.2) is 22.8 Å². The summed E-state index contributed by atoms with van der Waals surface area (Å²) < 4.78 is 5.55. The van der Waals surface area contributed by atoms with Crippen molar-refractivity contribution < 1.29 is 14.3 Å². The predicted molar refractivity (Wildman–Crippen MR) is 111 cm³/mol. The van der Waals surface area contributed by atoms with Gasteiger partial charge in [0.2, 0.25) is 0 Å². The van der Waals surface area contributed by atoms with E-state index < -0.39 is 0 Å². The van der Waals surface area contributed by atoms with Crippen molar-refractivity contribution >= 4 is 11.8 Å². The lowest BCUT2D eigenvalue weighted by Crippen LogP contribution is -2.50. The van der Waals surface area contributed by atoms with Gasteiger partial charge in [-0.1, -0.05) is 38.0 Å². The molecule has 3 heteroatoms. The topological polar surface area (TPSA) is 43.4 Å². The molecule has 0 aromatic rings. The molecule has 0 heterocycles. The largest absolute Gasteiger partial charge is 0.462 e. The molecule has 2 fully saturated rings. The van der Waals surface area contributed by atoms with Crippen LogP contribution in [0, 0.1) is 28.6 Å². The first-order valence-electron chi connectivity index (χ1n) is 11.3. The zero-order chi connectivity index (χ0) is 20.3. The minimum Gasteiger partial charge on any atom is -0.462 e. The van der Waals surface area contributed by atoms with Crippen LogP contribution in [0.2, 0.25) is 0 Å². The smallest absolute Gasteiger partial charge is 0.302 e. The van der Waals surface area contributed by atoms with Gasteiger partial charge in [0.05, 0.1) is 0 Å². The first kappa shape index (κ1) is 19.9. The van der Waals surface area contributed by atoms with Crippen LogP contribution in [0.1, 0.15) is 86.0 Å². The molecule has 2 saturated carbocycles. The highest BCUT2D eigenvalue weighted by molar-refractivity contribution is 5.96. The van der Waals surface area contributed by atoms with Gasteiger partial charge in [-0.25, -0.2) is 0 Å². The number of allylic oxidation sites excluding steroid dienone is 3. The molecule has 0 N–H and O–H groups in total. The molecule has 4 aliphatic rings. The molecule has 154 valence electrons. The van der Waals surface area contributed by atoms with Crippen molar-refractivity contribution in [1.82, 2.24) is 0 Å². The Morgan fingerprint density at radius 2 is 1.79 bits per heavy atom. The van der Waals surface area contributed by atoms with Gasteiger partial charge in [0.1, 0.15) is 6.10 Å². The Hall–Kier alpha value is -1.38. The summed E-state index contributed by atoms with van der Waals surface area (Å²) in [6.45, 7) is 10.4. The van der Waals surface area contributed by atoms with Crippen LogP contribution in [0.3, 0.4) is 0 Å². The number of fused-ring (bicyclic) bond motifs is 5. The fourth-order valence-electron chi connectivity index (χ4n) is 7.71. The average molecular weight is 385 g/mol. The quantitative estimate of drug-likeness (QED) is 0.457. The van der Waals surface area contributed by atoms with Crippen molar-refractivity contribution in [1.29, 1.82) is 0 Å². The van der Waals surface area contributed by atoms with E-state index in [1.165, 1.54) is 30.1 Å². The number of Topliss-reactive ketones (excluding diaryl/α,β-unsaturated/α-hetero) is 1. The summed E-state index contributed by atoms with van der Waals surface area (Å²) in [5, 5.41) is 0. The lowest BCUT2D eigenvalue weighted by atomic mass is 9.47. The maximum absolute atomic E-state index is 12.5. The number of hydrogen-bond acceptors (Lipinski definition) is 3. The fourth-order valence-corrected chi connectivity index (χ4v) is 7.71. The Balaban J connectivity index is 1.62. The molecular weight excluding hydrogens is 348 g/mol. The number of esters is 1. The SMILES string of the molecule is CCC1=C(C(C)=O)[C@@]2(C)CC[C@H]3[C@@H](CC=C4C[C@@H](OC(C)=O)CC[C@@]43C)[C@@H]2C1. The summed E-state index contributed by atoms with van der Waals surface area (Å²) in [6.07, 6.45) is 11.2. The van der Waals surface area contributed by atoms with E-state index in [1.54, 1.807) is 6.92 Å². The first-order chi connectivity index (χ1) is 13.2. The Bertz CT molecular complexity index is 760. The van der Waals surface area contributed by atoms with Gasteiger partial charge in [0.15, 0.2) is 5.78 Å². The summed E-state index contributed by atoms with van der Waals surface area (Å²) in [5.41, 5.74) is 4.46. The summed E-state index contributed by atoms with van der Waals surface area (Å²) in [5.74, 6) is 2.14. The van der Waals surface area contributed by atoms with Gasteiger partial charge in [-0.15, -0.1) is 0 Å². The van der Waals surface area contributed by atoms with E-state index in [0.29, 0.717) is 23.5 Å². The van der Waals surface area contributed by atoms with Gasteiger partial charge in [-0.3, -0.25) is 9.59 Å². The van der Waals surface area contributed by atoms with Gasteiger partial charge in [-0.05, 0) is 80.5 Å². The second-order valence-corrected chi connectivity index (χ2v) is 10.3. The van der Waals surface area contributed by atoms with E-state index in [-0.39, 0.29) is 22.9 Å². The van der Waals surface area contributed by atoms with E-state index in [4.69, 9.17) is 4.74 Å². The van der Waals surface area contributed by atoms with Crippen molar-refractivity contribution in [3.8, 4) is 0 Å². The third-order valence-electron chi connectivity index (χ3n) is 8.95. The number of hydrogen-bond donors (Lipinski definition) is 0. The number of ether oxygens (including phenoxy) is 1. The molecule has 0 aliphatic heterocycles. The molecule has 3 nitrogen and oxygen atoms in total. The second-order valence-electron chi connectivity index (χ2n) is 10.3. The number of ketones is 1. The number of rotatable bonds is 3. The predicted octanol–water partition coefficient (Wildman–Crippen LogP) is 5.79. The third kappa shape index (κ3) is 2.83. The van der Waals surface area contributed by atoms with Gasteiger partial charge in [0.25, 0.3) is 0 Å². The molecule has 0 aromatic heterocycles. The second kappa shape index (κ2) is 6.85. The van der Waals surface area contributed by atoms with E-state index in [0.717, 1.165) is 44.9 Å². The van der Waals surface area contributed by atoms with Crippen molar-refractivity contribution in [2.24, 2.45) is 28.6 Å². The van der Waals surface area contributed by atoms with Crippen LogP contribution in [0.25, 0.3) is 0 Å². The highest BCUT2D eigenvalue weighted by Crippen LogP contribution is 2.66. The maximum Gasteiger partial charge on any atom is 0.302 e. The third-order valence-corrected chi connectivity index (χ3v) is 8.95. The molecule has 28 heavy (non-hydrogen) atoms. The van der Waals surface area contributed by atoms with Crippen molar-refractivity contribution in [2.75, 3.05) is 0 Å². The zero-order valence-electron chi connectivity index (χ0n) is 18.3. The van der Waals surface area contributed by atoms with E-state index in [1.807, 2.05) is 0 Å². The summed E-state index contributed by atoms with van der Waals surface area (Å²) in [4.78, 5) is 24.0. The van der Waals surface area contributed by atoms with Gasteiger partial charge in [0, 0.05) is 18.9 Å². The molecule has 6 atom stereocenters. The van der Waals surface area contributed by atoms with Crippen LogP contribution in [-0.4, -0.2) is 17.9 Å². The van der Waals surface area contributed by atoms with Crippen LogP contribution < -0.4 is 0 Å². The summed E-state index contributed by atoms with van der Waals surface area (Å²) in [7, 11) is 0. The standard InChI is InChI=1S/C25H36O3/c1-6-17-13-22-20-8-7-18-14-19(28-16(3)27)9-11-24(18,4)21(20)10-12-25(22,5)23(17)15(2)26/h7,19-22H,6,8-14H2,1-5H3/t19-,20+,21-,22-,24-,25-/m0/s1.